The minimum absolute atomic E-state index is 0.114. The van der Waals surface area contributed by atoms with Crippen molar-refractivity contribution in [3.05, 3.63) is 58.1 Å². The van der Waals surface area contributed by atoms with E-state index in [1.165, 1.54) is 11.0 Å². The number of halogens is 3. The third-order valence-electron chi connectivity index (χ3n) is 11.8. The Bertz CT molecular complexity index is 2020. The lowest BCUT2D eigenvalue weighted by Gasteiger charge is -2.27. The molecule has 1 saturated heterocycles. The number of hydrogen-bond acceptors (Lipinski definition) is 10. The molecule has 2 unspecified atom stereocenters. The van der Waals surface area contributed by atoms with Crippen molar-refractivity contribution in [2.24, 2.45) is 11.7 Å². The van der Waals surface area contributed by atoms with E-state index in [9.17, 15) is 32.6 Å². The lowest BCUT2D eigenvalue weighted by molar-refractivity contribution is -0.136. The summed E-state index contributed by atoms with van der Waals surface area (Å²) in [5.41, 5.74) is 6.47. The van der Waals surface area contributed by atoms with Gasteiger partial charge in [0.15, 0.2) is 0 Å². The van der Waals surface area contributed by atoms with Crippen LogP contribution in [-0.4, -0.2) is 82.9 Å². The van der Waals surface area contributed by atoms with Crippen LogP contribution in [0, 0.1) is 17.6 Å². The molecule has 17 heteroatoms. The Morgan fingerprint density at radius 1 is 1.10 bits per heavy atom. The molecule has 6 rings (SSSR count). The first kappa shape index (κ1) is 44.7. The molecule has 2 aliphatic carbocycles. The molecule has 2 amide bonds. The third-order valence-corrected chi connectivity index (χ3v) is 15.2. The Balaban J connectivity index is 1.04. The number of amides is 2. The van der Waals surface area contributed by atoms with Gasteiger partial charge in [-0.1, -0.05) is 38.2 Å². The van der Waals surface area contributed by atoms with E-state index in [-0.39, 0.29) is 25.0 Å². The molecule has 59 heavy (non-hydrogen) atoms. The zero-order valence-corrected chi connectivity index (χ0v) is 36.0. The highest BCUT2D eigenvalue weighted by Crippen LogP contribution is 2.70. The molecule has 3 fully saturated rings. The second kappa shape index (κ2) is 19.7. The van der Waals surface area contributed by atoms with Gasteiger partial charge in [0.2, 0.25) is 19.2 Å². The summed E-state index contributed by atoms with van der Waals surface area (Å²) in [6.07, 6.45) is 7.35. The van der Waals surface area contributed by atoms with Gasteiger partial charge < -0.3 is 44.6 Å². The molecule has 3 aliphatic rings. The topological polar surface area (TPSA) is 180 Å². The number of unbranched alkanes of at least 4 members (excludes halogenated alkanes) is 4. The molecular formula is C42H54BrF2N4O9P. The van der Waals surface area contributed by atoms with Gasteiger partial charge in [0, 0.05) is 23.4 Å². The molecule has 1 aromatic heterocycles. The van der Waals surface area contributed by atoms with Crippen LogP contribution in [0.5, 0.6) is 17.4 Å². The van der Waals surface area contributed by atoms with E-state index in [4.69, 9.17) is 24.7 Å². The van der Waals surface area contributed by atoms with E-state index < -0.39 is 66.2 Å². The standard InChI is InChI=1S/C42H54BrF2N4O9P/c1-3-56-37-21-36(30-18-19-35(55-2)38(43)39(30)48-37)57-29-20-27(24-50)49(23-29)40(51)34(47-41(52)58-28-13-9-10-14-28)17-8-6-4-5-7-12-26-22-42(26,46)59(53,54)25-31-32(44)15-11-16-33(31)45/h11,15-16,18-19,21,24,26-29,34H,3-10,12-14,17,20,22-23,25,46H2,1-2H3,(H,47,52)(H,53,54)/t26-,27+,29?,34+,42+/m1/s1. The summed E-state index contributed by atoms with van der Waals surface area (Å²) in [6, 6.07) is 6.93. The van der Waals surface area contributed by atoms with E-state index in [2.05, 4.69) is 26.2 Å². The van der Waals surface area contributed by atoms with Gasteiger partial charge in [0.25, 0.3) is 0 Å². The molecule has 13 nitrogen and oxygen atoms in total. The highest BCUT2D eigenvalue weighted by atomic mass is 79.9. The monoisotopic (exact) mass is 906 g/mol. The predicted octanol–water partition coefficient (Wildman–Crippen LogP) is 8.14. The lowest BCUT2D eigenvalue weighted by atomic mass is 10.0. The largest absolute Gasteiger partial charge is 0.495 e. The minimum Gasteiger partial charge on any atom is -0.495 e. The number of nitrogens with two attached hydrogens (primary N) is 1. The number of aromatic nitrogens is 1. The minimum atomic E-state index is -4.09. The normalized spacial score (nSPS) is 23.1. The Hall–Kier alpha value is -3.85. The van der Waals surface area contributed by atoms with Gasteiger partial charge in [-0.3, -0.25) is 9.36 Å². The van der Waals surface area contributed by atoms with E-state index in [0.29, 0.717) is 65.0 Å². The molecule has 0 bridgehead atoms. The van der Waals surface area contributed by atoms with Gasteiger partial charge in [-0.15, -0.1) is 0 Å². The number of nitrogens with zero attached hydrogens (tertiary/aromatic N) is 2. The van der Waals surface area contributed by atoms with E-state index in [1.54, 1.807) is 19.2 Å². The van der Waals surface area contributed by atoms with Crippen LogP contribution >= 0.6 is 23.3 Å². The highest BCUT2D eigenvalue weighted by Gasteiger charge is 2.62. The Morgan fingerprint density at radius 3 is 2.51 bits per heavy atom. The van der Waals surface area contributed by atoms with E-state index in [0.717, 1.165) is 69.8 Å². The van der Waals surface area contributed by atoms with Crippen molar-refractivity contribution in [3.8, 4) is 17.4 Å². The summed E-state index contributed by atoms with van der Waals surface area (Å²) in [5, 5.41) is 2.13. The summed E-state index contributed by atoms with van der Waals surface area (Å²) in [4.78, 5) is 56.5. The molecule has 322 valence electrons. The first-order chi connectivity index (χ1) is 28.3. The maximum absolute atomic E-state index is 14.2. The number of ether oxygens (including phenoxy) is 4. The molecule has 6 atom stereocenters. The summed E-state index contributed by atoms with van der Waals surface area (Å²) in [5.74, 6) is -0.948. The number of pyridine rings is 1. The number of nitrogens with one attached hydrogen (secondary N) is 1. The first-order valence-electron chi connectivity index (χ1n) is 20.5. The number of likely N-dealkylation sites (tertiary alicyclic amines) is 1. The SMILES string of the molecule is CCOc1cc(OC2C[C@@H](C=O)N(C(=O)[C@H](CCCCCCC[C@@H]3C[C@]3(N)P(=O)(O)Cc3c(F)cccc3F)NC(=O)OC3CCCC3)C2)c2ccc(OC)c(Br)c2n1. The molecule has 1 aliphatic heterocycles. The van der Waals surface area contributed by atoms with Gasteiger partial charge in [-0.05, 0) is 98.0 Å². The molecule has 0 spiro atoms. The van der Waals surface area contributed by atoms with Crippen LogP contribution in [-0.2, 0) is 25.1 Å². The van der Waals surface area contributed by atoms with Crippen molar-refractivity contribution in [1.29, 1.82) is 0 Å². The van der Waals surface area contributed by atoms with Gasteiger partial charge in [0.05, 0.1) is 47.7 Å². The third kappa shape index (κ3) is 10.5. The summed E-state index contributed by atoms with van der Waals surface area (Å²) >= 11 is 3.57. The number of methoxy groups -OCH3 is 1. The number of fused-ring (bicyclic) bond motifs is 1. The first-order valence-corrected chi connectivity index (χ1v) is 23.2. The molecule has 4 N–H and O–H groups in total. The lowest BCUT2D eigenvalue weighted by Crippen LogP contribution is -2.51. The van der Waals surface area contributed by atoms with Crippen molar-refractivity contribution < 1.29 is 51.6 Å². The maximum Gasteiger partial charge on any atom is 0.408 e. The van der Waals surface area contributed by atoms with Gasteiger partial charge in [-0.2, -0.15) is 0 Å². The Kier molecular flexibility index (Phi) is 14.9. The van der Waals surface area contributed by atoms with Crippen LogP contribution in [0.25, 0.3) is 10.9 Å². The number of carbonyl (C=O) groups is 3. The second-order valence-corrected chi connectivity index (χ2v) is 19.2. The number of benzene rings is 2. The van der Waals surface area contributed by atoms with E-state index in [1.807, 2.05) is 13.0 Å². The molecule has 0 radical (unpaired) electrons. The molecular weight excluding hydrogens is 853 g/mol. The zero-order chi connectivity index (χ0) is 42.3. The van der Waals surface area contributed by atoms with Crippen LogP contribution in [0.2, 0.25) is 0 Å². The maximum atomic E-state index is 14.2. The van der Waals surface area contributed by atoms with Crippen molar-refractivity contribution in [2.75, 3.05) is 20.3 Å². The van der Waals surface area contributed by atoms with Crippen molar-refractivity contribution in [1.82, 2.24) is 15.2 Å². The second-order valence-electron chi connectivity index (χ2n) is 15.8. The van der Waals surface area contributed by atoms with Gasteiger partial charge in [-0.25, -0.2) is 18.6 Å². The fraction of sp³-hybridized carbons (Fsp3) is 0.571. The summed E-state index contributed by atoms with van der Waals surface area (Å²) in [7, 11) is -2.53. The van der Waals surface area contributed by atoms with Crippen molar-refractivity contribution >= 4 is 52.5 Å². The fourth-order valence-corrected chi connectivity index (χ4v) is 11.2. The summed E-state index contributed by atoms with van der Waals surface area (Å²) in [6.45, 7) is 2.34. The van der Waals surface area contributed by atoms with E-state index >= 15 is 0 Å². The van der Waals surface area contributed by atoms with Crippen molar-refractivity contribution in [3.63, 3.8) is 0 Å². The predicted molar refractivity (Wildman–Crippen MR) is 221 cm³/mol. The van der Waals surface area contributed by atoms with Gasteiger partial charge >= 0.3 is 6.09 Å². The Labute approximate surface area is 351 Å². The van der Waals surface area contributed by atoms with Crippen LogP contribution in [0.3, 0.4) is 0 Å². The highest BCUT2D eigenvalue weighted by molar-refractivity contribution is 9.10. The average molecular weight is 908 g/mol. The number of aldehydes is 1. The summed E-state index contributed by atoms with van der Waals surface area (Å²) < 4.78 is 65.5. The number of carbonyl (C=O) groups excluding carboxylic acids is 3. The van der Waals surface area contributed by atoms with Crippen LogP contribution < -0.4 is 25.3 Å². The fourth-order valence-electron chi connectivity index (χ4n) is 8.36. The van der Waals surface area contributed by atoms with Crippen LogP contribution in [0.1, 0.15) is 96.0 Å². The van der Waals surface area contributed by atoms with Gasteiger partial charge in [0.1, 0.15) is 47.7 Å². The van der Waals surface area contributed by atoms with Crippen molar-refractivity contribution in [2.45, 2.75) is 126 Å². The molecule has 2 saturated carbocycles. The molecule has 2 heterocycles. The quantitative estimate of drug-likeness (QED) is 0.0566. The van der Waals surface area contributed by atoms with Crippen LogP contribution in [0.4, 0.5) is 13.6 Å². The Morgan fingerprint density at radius 2 is 1.81 bits per heavy atom. The van der Waals surface area contributed by atoms with Crippen LogP contribution in [0.15, 0.2) is 40.9 Å². The molecule has 2 aromatic carbocycles. The number of hydrogen-bond donors (Lipinski definition) is 3. The number of rotatable bonds is 20. The average Bonchev–Trinajstić information content (AvgIpc) is 3.48. The smallest absolute Gasteiger partial charge is 0.408 e. The molecule has 3 aromatic rings. The zero-order valence-electron chi connectivity index (χ0n) is 33.5. The number of alkyl carbamates (subject to hydrolysis) is 1.